The molecule has 0 spiro atoms. The van der Waals surface area contributed by atoms with Crippen LogP contribution in [0.2, 0.25) is 0 Å². The van der Waals surface area contributed by atoms with Crippen molar-refractivity contribution in [2.45, 2.75) is 26.3 Å². The van der Waals surface area contributed by atoms with E-state index in [4.69, 9.17) is 4.52 Å². The number of rotatable bonds is 5. The van der Waals surface area contributed by atoms with Gasteiger partial charge in [-0.05, 0) is 32.5 Å². The normalized spacial score (nSPS) is 21.8. The lowest BCUT2D eigenvalue weighted by molar-refractivity contribution is 0.297. The number of nitrogens with zero attached hydrogens (tertiary/aromatic N) is 3. The first kappa shape index (κ1) is 11.5. The second kappa shape index (κ2) is 5.41. The van der Waals surface area contributed by atoms with Crippen molar-refractivity contribution in [1.29, 1.82) is 0 Å². The third kappa shape index (κ3) is 2.80. The molecule has 0 saturated carbocycles. The Labute approximate surface area is 96.2 Å². The number of hydrogen-bond donors (Lipinski definition) is 1. The maximum Gasteiger partial charge on any atom is 0.226 e. The quantitative estimate of drug-likeness (QED) is 0.797. The number of aromatic nitrogens is 2. The van der Waals surface area contributed by atoms with E-state index in [1.807, 2.05) is 14.0 Å². The molecule has 1 aliphatic heterocycles. The first-order valence-electron chi connectivity index (χ1n) is 6.00. The van der Waals surface area contributed by atoms with E-state index in [0.717, 1.165) is 50.2 Å². The van der Waals surface area contributed by atoms with E-state index in [9.17, 15) is 0 Å². The molecule has 1 atom stereocenters. The van der Waals surface area contributed by atoms with Crippen molar-refractivity contribution < 1.29 is 4.52 Å². The van der Waals surface area contributed by atoms with Gasteiger partial charge in [-0.15, -0.1) is 0 Å². The molecule has 1 unspecified atom stereocenters. The van der Waals surface area contributed by atoms with Crippen LogP contribution in [-0.2, 0) is 13.0 Å². The molecular weight excluding hydrogens is 204 g/mol. The summed E-state index contributed by atoms with van der Waals surface area (Å²) in [7, 11) is 2.01. The maximum atomic E-state index is 5.10. The largest absolute Gasteiger partial charge is 0.339 e. The van der Waals surface area contributed by atoms with Crippen LogP contribution in [-0.4, -0.2) is 41.7 Å². The van der Waals surface area contributed by atoms with Crippen LogP contribution in [0.3, 0.4) is 0 Å². The number of likely N-dealkylation sites (tertiary alicyclic amines) is 1. The average Bonchev–Trinajstić information content (AvgIpc) is 2.89. The lowest BCUT2D eigenvalue weighted by atomic mass is 10.1. The van der Waals surface area contributed by atoms with Crippen LogP contribution in [0.25, 0.3) is 0 Å². The van der Waals surface area contributed by atoms with E-state index < -0.39 is 0 Å². The molecule has 1 aromatic heterocycles. The zero-order valence-corrected chi connectivity index (χ0v) is 10.1. The van der Waals surface area contributed by atoms with Crippen molar-refractivity contribution >= 4 is 0 Å². The molecule has 1 N–H and O–H groups in total. The monoisotopic (exact) mass is 224 g/mol. The summed E-state index contributed by atoms with van der Waals surface area (Å²) in [6.45, 7) is 6.22. The van der Waals surface area contributed by atoms with Crippen molar-refractivity contribution in [3.05, 3.63) is 11.7 Å². The summed E-state index contributed by atoms with van der Waals surface area (Å²) in [5, 5.41) is 7.21. The highest BCUT2D eigenvalue weighted by Gasteiger charge is 2.22. The van der Waals surface area contributed by atoms with Gasteiger partial charge in [0.25, 0.3) is 0 Å². The van der Waals surface area contributed by atoms with Crippen molar-refractivity contribution in [2.75, 3.05) is 26.7 Å². The highest BCUT2D eigenvalue weighted by atomic mass is 16.5. The van der Waals surface area contributed by atoms with Crippen LogP contribution in [0.15, 0.2) is 4.52 Å². The van der Waals surface area contributed by atoms with Crippen LogP contribution >= 0.6 is 0 Å². The minimum absolute atomic E-state index is 0.737. The summed E-state index contributed by atoms with van der Waals surface area (Å²) in [6.07, 6.45) is 2.08. The van der Waals surface area contributed by atoms with Gasteiger partial charge in [0.2, 0.25) is 5.89 Å². The Balaban J connectivity index is 1.82. The van der Waals surface area contributed by atoms with E-state index in [0.29, 0.717) is 0 Å². The highest BCUT2D eigenvalue weighted by Crippen LogP contribution is 2.17. The Morgan fingerprint density at radius 3 is 3.12 bits per heavy atom. The van der Waals surface area contributed by atoms with E-state index >= 15 is 0 Å². The fraction of sp³-hybridized carbons (Fsp3) is 0.818. The van der Waals surface area contributed by atoms with Gasteiger partial charge in [-0.25, -0.2) is 0 Å². The molecule has 2 heterocycles. The molecule has 0 amide bonds. The lowest BCUT2D eigenvalue weighted by Crippen LogP contribution is -2.24. The molecule has 0 radical (unpaired) electrons. The topological polar surface area (TPSA) is 54.2 Å². The molecule has 0 aromatic carbocycles. The summed E-state index contributed by atoms with van der Waals surface area (Å²) in [5.41, 5.74) is 0. The molecule has 1 fully saturated rings. The van der Waals surface area contributed by atoms with Gasteiger partial charge in [0, 0.05) is 13.0 Å². The van der Waals surface area contributed by atoms with E-state index in [1.165, 1.54) is 6.42 Å². The van der Waals surface area contributed by atoms with Gasteiger partial charge < -0.3 is 9.84 Å². The Morgan fingerprint density at radius 2 is 2.44 bits per heavy atom. The van der Waals surface area contributed by atoms with Crippen LogP contribution in [0.1, 0.15) is 25.1 Å². The SMILES string of the molecule is CCc1nc(CN2CCC(CNC)C2)no1. The van der Waals surface area contributed by atoms with Gasteiger partial charge >= 0.3 is 0 Å². The molecule has 5 heteroatoms. The number of aryl methyl sites for hydroxylation is 1. The number of nitrogens with one attached hydrogen (secondary N) is 1. The smallest absolute Gasteiger partial charge is 0.226 e. The summed E-state index contributed by atoms with van der Waals surface area (Å²) < 4.78 is 5.10. The van der Waals surface area contributed by atoms with Gasteiger partial charge in [0.15, 0.2) is 5.82 Å². The van der Waals surface area contributed by atoms with Gasteiger partial charge in [-0.1, -0.05) is 12.1 Å². The second-order valence-corrected chi connectivity index (χ2v) is 4.41. The minimum Gasteiger partial charge on any atom is -0.339 e. The summed E-state index contributed by atoms with van der Waals surface area (Å²) in [5.74, 6) is 2.32. The molecule has 90 valence electrons. The van der Waals surface area contributed by atoms with Crippen molar-refractivity contribution in [2.24, 2.45) is 5.92 Å². The third-order valence-corrected chi connectivity index (χ3v) is 3.04. The van der Waals surface area contributed by atoms with Crippen LogP contribution < -0.4 is 5.32 Å². The van der Waals surface area contributed by atoms with Crippen LogP contribution in [0.5, 0.6) is 0 Å². The van der Waals surface area contributed by atoms with Gasteiger partial charge in [0.1, 0.15) is 0 Å². The molecule has 1 aliphatic rings. The summed E-state index contributed by atoms with van der Waals surface area (Å²) >= 11 is 0. The Kier molecular flexibility index (Phi) is 3.90. The van der Waals surface area contributed by atoms with E-state index in [-0.39, 0.29) is 0 Å². The lowest BCUT2D eigenvalue weighted by Gasteiger charge is -2.13. The molecule has 16 heavy (non-hydrogen) atoms. The van der Waals surface area contributed by atoms with Crippen LogP contribution in [0.4, 0.5) is 0 Å². The molecule has 2 rings (SSSR count). The minimum atomic E-state index is 0.737. The van der Waals surface area contributed by atoms with E-state index in [2.05, 4.69) is 20.4 Å². The fourth-order valence-corrected chi connectivity index (χ4v) is 2.21. The molecule has 1 saturated heterocycles. The molecular formula is C11H20N4O. The van der Waals surface area contributed by atoms with Crippen LogP contribution in [0, 0.1) is 5.92 Å². The fourth-order valence-electron chi connectivity index (χ4n) is 2.21. The van der Waals surface area contributed by atoms with Gasteiger partial charge in [-0.3, -0.25) is 4.90 Å². The Hall–Kier alpha value is -0.940. The molecule has 5 nitrogen and oxygen atoms in total. The van der Waals surface area contributed by atoms with Crippen molar-refractivity contribution in [3.63, 3.8) is 0 Å². The molecule has 0 aliphatic carbocycles. The Bertz CT molecular complexity index is 326. The average molecular weight is 224 g/mol. The molecule has 1 aromatic rings. The summed E-state index contributed by atoms with van der Waals surface area (Å²) in [4.78, 5) is 6.72. The summed E-state index contributed by atoms with van der Waals surface area (Å²) in [6, 6.07) is 0. The highest BCUT2D eigenvalue weighted by molar-refractivity contribution is 4.88. The zero-order valence-electron chi connectivity index (χ0n) is 10.1. The second-order valence-electron chi connectivity index (χ2n) is 4.41. The predicted octanol–water partition coefficient (Wildman–Crippen LogP) is 0.673. The Morgan fingerprint density at radius 1 is 1.56 bits per heavy atom. The number of hydrogen-bond acceptors (Lipinski definition) is 5. The zero-order chi connectivity index (χ0) is 11.4. The van der Waals surface area contributed by atoms with Crippen molar-refractivity contribution in [3.8, 4) is 0 Å². The van der Waals surface area contributed by atoms with E-state index in [1.54, 1.807) is 0 Å². The predicted molar refractivity (Wildman–Crippen MR) is 61.0 cm³/mol. The van der Waals surface area contributed by atoms with Gasteiger partial charge in [0.05, 0.1) is 6.54 Å². The first-order valence-corrected chi connectivity index (χ1v) is 6.00. The van der Waals surface area contributed by atoms with Crippen molar-refractivity contribution in [1.82, 2.24) is 20.4 Å². The maximum absolute atomic E-state index is 5.10. The molecule has 0 bridgehead atoms. The third-order valence-electron chi connectivity index (χ3n) is 3.04. The van der Waals surface area contributed by atoms with Gasteiger partial charge in [-0.2, -0.15) is 4.98 Å². The first-order chi connectivity index (χ1) is 7.81. The standard InChI is InChI=1S/C11H20N4O/c1-3-11-13-10(14-16-11)8-15-5-4-9(7-15)6-12-2/h9,12H,3-8H2,1-2H3.